The number of amides is 2. The molecule has 0 aliphatic heterocycles. The van der Waals surface area contributed by atoms with Crippen molar-refractivity contribution in [2.75, 3.05) is 14.1 Å². The Morgan fingerprint density at radius 2 is 1.56 bits per heavy atom. The van der Waals surface area contributed by atoms with Gasteiger partial charge in [-0.2, -0.15) is 0 Å². The molecular formula is C39H60N2O7. The summed E-state index contributed by atoms with van der Waals surface area (Å²) < 4.78 is 6.12. The van der Waals surface area contributed by atoms with Gasteiger partial charge in [-0.05, 0) is 116 Å². The Labute approximate surface area is 287 Å². The van der Waals surface area contributed by atoms with Crippen molar-refractivity contribution in [1.82, 2.24) is 10.2 Å². The molecule has 0 spiro atoms. The highest BCUT2D eigenvalue weighted by Gasteiger charge is 2.70. The van der Waals surface area contributed by atoms with E-state index in [1.165, 1.54) is 4.90 Å². The van der Waals surface area contributed by atoms with E-state index >= 15 is 0 Å². The van der Waals surface area contributed by atoms with Crippen LogP contribution in [0.3, 0.4) is 0 Å². The van der Waals surface area contributed by atoms with Gasteiger partial charge in [-0.15, -0.1) is 0 Å². The first-order valence-electron chi connectivity index (χ1n) is 18.2. The van der Waals surface area contributed by atoms with Crippen molar-refractivity contribution < 1.29 is 33.8 Å². The summed E-state index contributed by atoms with van der Waals surface area (Å²) in [5, 5.41) is 12.7. The summed E-state index contributed by atoms with van der Waals surface area (Å²) in [7, 11) is 3.15. The lowest BCUT2D eigenvalue weighted by molar-refractivity contribution is -0.232. The Balaban J connectivity index is 1.46. The highest BCUT2D eigenvalue weighted by Crippen LogP contribution is 2.75. The van der Waals surface area contributed by atoms with Gasteiger partial charge in [-0.3, -0.25) is 24.0 Å². The minimum atomic E-state index is -1.18. The summed E-state index contributed by atoms with van der Waals surface area (Å²) in [5.41, 5.74) is -0.388. The molecule has 0 aromatic carbocycles. The molecule has 5 rings (SSSR count). The minimum Gasteiger partial charge on any atom is -0.481 e. The molecule has 3 unspecified atom stereocenters. The van der Waals surface area contributed by atoms with E-state index in [9.17, 15) is 29.1 Å². The fraction of sp³-hybridized carbons (Fsp3) is 0.821. The third kappa shape index (κ3) is 5.26. The summed E-state index contributed by atoms with van der Waals surface area (Å²) >= 11 is 0. The molecule has 9 heteroatoms. The number of fused-ring (bicyclic) bond motifs is 7. The van der Waals surface area contributed by atoms with E-state index in [1.54, 1.807) is 27.9 Å². The van der Waals surface area contributed by atoms with E-state index in [0.717, 1.165) is 56.1 Å². The van der Waals surface area contributed by atoms with E-state index in [-0.39, 0.29) is 58.2 Å². The molecule has 4 saturated carbocycles. The second kappa shape index (κ2) is 11.7. The number of nitrogens with zero attached hydrogens (tertiary/aromatic N) is 1. The Morgan fingerprint density at radius 1 is 0.917 bits per heavy atom. The number of hydrogen-bond donors (Lipinski definition) is 2. The van der Waals surface area contributed by atoms with Gasteiger partial charge in [0.25, 0.3) is 0 Å². The molecule has 0 bridgehead atoms. The number of ketones is 1. The number of Topliss-reactive ketones (excluding diaryl/α,β-unsaturated/α-hetero) is 1. The van der Waals surface area contributed by atoms with Crippen LogP contribution in [0.4, 0.5) is 0 Å². The van der Waals surface area contributed by atoms with Crippen LogP contribution >= 0.6 is 0 Å². The number of esters is 1. The SMILES string of the molecule is CC(C)C1=C2C3CCC4[C@@]5(C)CC[C@H](OC(=O)CC(C)(C)C(=O)O)C(C)(C)C5CC[C@@]4(C)[C@]3(C)CC[C@@]2(NC(=O)C(=O)N(C)C)CC1=O. The van der Waals surface area contributed by atoms with Gasteiger partial charge in [0.05, 0.1) is 17.4 Å². The lowest BCUT2D eigenvalue weighted by atomic mass is 9.33. The van der Waals surface area contributed by atoms with Crippen LogP contribution in [-0.2, 0) is 28.7 Å². The monoisotopic (exact) mass is 668 g/mol. The number of hydrogen-bond acceptors (Lipinski definition) is 6. The number of carbonyl (C=O) groups is 5. The third-order valence-corrected chi connectivity index (χ3v) is 14.8. The van der Waals surface area contributed by atoms with Crippen molar-refractivity contribution in [3.63, 3.8) is 0 Å². The van der Waals surface area contributed by atoms with E-state index in [0.29, 0.717) is 18.3 Å². The quantitative estimate of drug-likeness (QED) is 0.250. The van der Waals surface area contributed by atoms with Crippen LogP contribution in [-0.4, -0.2) is 65.3 Å². The molecule has 0 radical (unpaired) electrons. The maximum absolute atomic E-state index is 13.8. The van der Waals surface area contributed by atoms with Crippen LogP contribution in [0.5, 0.6) is 0 Å². The van der Waals surface area contributed by atoms with Gasteiger partial charge in [-0.25, -0.2) is 0 Å². The van der Waals surface area contributed by atoms with Crippen molar-refractivity contribution in [3.8, 4) is 0 Å². The Bertz CT molecular complexity index is 1440. The molecule has 0 saturated heterocycles. The van der Waals surface area contributed by atoms with E-state index < -0.39 is 34.7 Å². The Kier molecular flexibility index (Phi) is 8.90. The molecule has 0 aromatic rings. The topological polar surface area (TPSA) is 130 Å². The van der Waals surface area contributed by atoms with E-state index in [2.05, 4.69) is 53.8 Å². The standard InChI is InChI=1S/C39H60N2O7/c1-22(2)29-24(42)20-39(40-31(44)32(45)41(10)11)19-18-37(8)23(30(29)39)12-13-26-36(7)16-15-27(48-28(43)21-34(3,4)33(46)47)35(5,6)25(36)14-17-38(26,37)9/h22-23,25-27H,12-21H2,1-11H3,(H,40,44)(H,46,47)/t23?,25?,26?,27-,36-,37+,38+,39+/m0/s1. The Hall–Kier alpha value is -2.71. The van der Waals surface area contributed by atoms with Gasteiger partial charge < -0.3 is 20.1 Å². The van der Waals surface area contributed by atoms with Crippen molar-refractivity contribution in [2.24, 2.45) is 50.7 Å². The molecule has 4 fully saturated rings. The molecule has 268 valence electrons. The first-order chi connectivity index (χ1) is 22.0. The summed E-state index contributed by atoms with van der Waals surface area (Å²) in [6, 6.07) is 0. The van der Waals surface area contributed by atoms with Crippen molar-refractivity contribution in [3.05, 3.63) is 11.1 Å². The van der Waals surface area contributed by atoms with Crippen molar-refractivity contribution in [2.45, 2.75) is 138 Å². The fourth-order valence-electron chi connectivity index (χ4n) is 12.1. The van der Waals surface area contributed by atoms with Gasteiger partial charge in [0.2, 0.25) is 0 Å². The van der Waals surface area contributed by atoms with Crippen LogP contribution in [0.25, 0.3) is 0 Å². The molecule has 9 nitrogen and oxygen atoms in total. The number of carbonyl (C=O) groups excluding carboxylic acids is 4. The third-order valence-electron chi connectivity index (χ3n) is 14.8. The van der Waals surface area contributed by atoms with E-state index in [1.807, 2.05) is 0 Å². The molecule has 0 aromatic heterocycles. The fourth-order valence-corrected chi connectivity index (χ4v) is 12.1. The zero-order valence-corrected chi connectivity index (χ0v) is 31.3. The number of carboxylic acids is 1. The van der Waals surface area contributed by atoms with Crippen molar-refractivity contribution >= 4 is 29.5 Å². The molecule has 0 heterocycles. The molecule has 5 aliphatic carbocycles. The van der Waals surface area contributed by atoms with Crippen LogP contribution in [0, 0.1) is 50.7 Å². The molecule has 48 heavy (non-hydrogen) atoms. The van der Waals surface area contributed by atoms with Gasteiger partial charge >= 0.3 is 23.8 Å². The van der Waals surface area contributed by atoms with Crippen LogP contribution < -0.4 is 5.32 Å². The van der Waals surface area contributed by atoms with E-state index in [4.69, 9.17) is 4.74 Å². The minimum absolute atomic E-state index is 0.0113. The van der Waals surface area contributed by atoms with Crippen LogP contribution in [0.2, 0.25) is 0 Å². The molecule has 2 amide bonds. The lowest BCUT2D eigenvalue weighted by Crippen LogP contribution is -2.67. The highest BCUT2D eigenvalue weighted by molar-refractivity contribution is 6.35. The normalized spacial score (nSPS) is 38.7. The second-order valence-electron chi connectivity index (χ2n) is 18.6. The van der Waals surface area contributed by atoms with Crippen LogP contribution in [0.15, 0.2) is 11.1 Å². The average Bonchev–Trinajstić information content (AvgIpc) is 3.25. The summed E-state index contributed by atoms with van der Waals surface area (Å²) in [6.45, 7) is 19.2. The number of allylic oxidation sites excluding steroid dienone is 1. The number of likely N-dealkylation sites (N-methyl/N-ethyl adjacent to an activating group) is 1. The maximum atomic E-state index is 13.8. The van der Waals surface area contributed by atoms with Gasteiger partial charge in [0.1, 0.15) is 6.10 Å². The molecule has 8 atom stereocenters. The summed E-state index contributed by atoms with van der Waals surface area (Å²) in [5.74, 6) is -1.66. The largest absolute Gasteiger partial charge is 0.481 e. The first kappa shape index (κ1) is 36.6. The van der Waals surface area contributed by atoms with Gasteiger partial charge in [0.15, 0.2) is 5.78 Å². The predicted molar refractivity (Wildman–Crippen MR) is 182 cm³/mol. The molecule has 2 N–H and O–H groups in total. The van der Waals surface area contributed by atoms with Gasteiger partial charge in [-0.1, -0.05) is 48.5 Å². The maximum Gasteiger partial charge on any atom is 0.311 e. The number of rotatable bonds is 6. The Morgan fingerprint density at radius 3 is 2.15 bits per heavy atom. The smallest absolute Gasteiger partial charge is 0.311 e. The van der Waals surface area contributed by atoms with Gasteiger partial charge in [0, 0.05) is 25.9 Å². The average molecular weight is 669 g/mol. The number of aliphatic carboxylic acids is 1. The summed E-state index contributed by atoms with van der Waals surface area (Å²) in [6.07, 6.45) is 6.98. The zero-order chi connectivity index (χ0) is 36.0. The zero-order valence-electron chi connectivity index (χ0n) is 31.3. The number of carboxylic acid groups (broad SMARTS) is 1. The molecule has 5 aliphatic rings. The molecular weight excluding hydrogens is 608 g/mol. The predicted octanol–water partition coefficient (Wildman–Crippen LogP) is 6.34. The highest BCUT2D eigenvalue weighted by atomic mass is 16.5. The van der Waals surface area contributed by atoms with Crippen LogP contribution in [0.1, 0.15) is 127 Å². The first-order valence-corrected chi connectivity index (χ1v) is 18.2. The second-order valence-corrected chi connectivity index (χ2v) is 18.6. The van der Waals surface area contributed by atoms with Crippen molar-refractivity contribution in [1.29, 1.82) is 0 Å². The lowest BCUT2D eigenvalue weighted by Gasteiger charge is -2.72. The number of ether oxygens (including phenoxy) is 1. The number of nitrogens with one attached hydrogen (secondary N) is 1. The summed E-state index contributed by atoms with van der Waals surface area (Å²) in [4.78, 5) is 65.8.